The van der Waals surface area contributed by atoms with Gasteiger partial charge in [0.25, 0.3) is 17.7 Å². The number of likely N-dealkylation sites (tertiary alicyclic amines) is 1. The third-order valence-electron chi connectivity index (χ3n) is 13.1. The molecule has 0 radical (unpaired) electrons. The van der Waals surface area contributed by atoms with Crippen molar-refractivity contribution in [1.82, 2.24) is 30.0 Å². The molecule has 4 aromatic rings. The highest BCUT2D eigenvalue weighted by Crippen LogP contribution is 2.33. The summed E-state index contributed by atoms with van der Waals surface area (Å²) in [5.41, 5.74) is 5.49. The van der Waals surface area contributed by atoms with Crippen LogP contribution < -0.4 is 20.4 Å². The molecule has 5 aliphatic rings. The molecule has 6 amide bonds. The van der Waals surface area contributed by atoms with Gasteiger partial charge >= 0.3 is 0 Å². The zero-order valence-electron chi connectivity index (χ0n) is 34.0. The van der Waals surface area contributed by atoms with Gasteiger partial charge in [0, 0.05) is 80.8 Å². The average molecular weight is 814 g/mol. The maximum Gasteiger partial charge on any atom is 0.262 e. The normalized spacial score (nSPS) is 21.6. The van der Waals surface area contributed by atoms with E-state index in [0.717, 1.165) is 91.7 Å². The van der Waals surface area contributed by atoms with Crippen LogP contribution in [0.5, 0.6) is 0 Å². The third kappa shape index (κ3) is 7.97. The maximum atomic E-state index is 13.3. The van der Waals surface area contributed by atoms with Crippen LogP contribution in [0, 0.1) is 5.92 Å². The Morgan fingerprint density at radius 3 is 2.25 bits per heavy atom. The lowest BCUT2D eigenvalue weighted by molar-refractivity contribution is -0.136. The Labute approximate surface area is 348 Å². The Hall–Kier alpha value is -6.09. The third-order valence-corrected chi connectivity index (χ3v) is 13.1. The van der Waals surface area contributed by atoms with E-state index in [1.165, 1.54) is 12.8 Å². The van der Waals surface area contributed by atoms with Gasteiger partial charge in [-0.05, 0) is 119 Å². The molecule has 4 saturated heterocycles. The van der Waals surface area contributed by atoms with Crippen molar-refractivity contribution in [3.8, 4) is 0 Å². The molecule has 15 nitrogen and oxygen atoms in total. The number of hydrogen-bond acceptors (Lipinski definition) is 10. The fraction of sp³-hybridized carbons (Fsp3) is 0.444. The summed E-state index contributed by atoms with van der Waals surface area (Å²) in [7, 11) is 0. The number of aromatic amines is 1. The Morgan fingerprint density at radius 2 is 1.52 bits per heavy atom. The van der Waals surface area contributed by atoms with Gasteiger partial charge in [0.1, 0.15) is 11.9 Å². The number of nitrogens with zero attached hydrogens (tertiary/aromatic N) is 6. The molecule has 312 valence electrons. The first-order valence-corrected chi connectivity index (χ1v) is 21.4. The van der Waals surface area contributed by atoms with Gasteiger partial charge in [-0.15, -0.1) is 0 Å². The average Bonchev–Trinajstić information content (AvgIpc) is 3.94. The molecule has 0 saturated carbocycles. The lowest BCUT2D eigenvalue weighted by Gasteiger charge is -2.37. The molecule has 0 bridgehead atoms. The van der Waals surface area contributed by atoms with Gasteiger partial charge in [0.15, 0.2) is 0 Å². The summed E-state index contributed by atoms with van der Waals surface area (Å²) >= 11 is 0. The largest absolute Gasteiger partial charge is 0.371 e. The van der Waals surface area contributed by atoms with E-state index < -0.39 is 29.7 Å². The number of carbonyl (C=O) groups is 6. The number of piperazine rings is 1. The van der Waals surface area contributed by atoms with Gasteiger partial charge in [0.05, 0.1) is 28.7 Å². The number of piperidine rings is 2. The number of imidazole rings is 1. The molecule has 4 fully saturated rings. The lowest BCUT2D eigenvalue weighted by atomic mass is 9.91. The van der Waals surface area contributed by atoms with Gasteiger partial charge in [-0.3, -0.25) is 43.9 Å². The molecule has 2 atom stereocenters. The molecule has 5 aliphatic heterocycles. The number of hydrogen-bond donors (Lipinski definition) is 3. The smallest absolute Gasteiger partial charge is 0.262 e. The van der Waals surface area contributed by atoms with E-state index in [9.17, 15) is 28.8 Å². The number of nitrogens with one attached hydrogen (secondary N) is 3. The molecule has 3 N–H and O–H groups in total. The number of amides is 6. The molecule has 3 aromatic carbocycles. The standard InChI is InChI=1S/C45H51N9O6/c1-28-3-2-18-53(28)27-39-47-36-12-7-31(25-37(36)48-39)46-42(57)30-5-8-32(9-6-30)51-21-23-52(24-22-51)41(56)15-4-29-16-19-50(20-17-29)33-10-11-34-35(26-33)45(60)54(44(34)59)38-13-14-40(55)49-43(38)58/h5-12,25-26,28-29,38H,2-4,13-24,27H2,1H3,(H,46,57)(H,47,48)(H,49,55,58)/t28-,38?/m0/s1. The Morgan fingerprint density at radius 1 is 0.783 bits per heavy atom. The van der Waals surface area contributed by atoms with Crippen LogP contribution in [0.15, 0.2) is 60.7 Å². The molecular weight excluding hydrogens is 763 g/mol. The van der Waals surface area contributed by atoms with Crippen molar-refractivity contribution in [3.05, 3.63) is 83.2 Å². The van der Waals surface area contributed by atoms with Crippen molar-refractivity contribution in [3.63, 3.8) is 0 Å². The quantitative estimate of drug-likeness (QED) is 0.193. The molecule has 0 aliphatic carbocycles. The number of anilines is 3. The van der Waals surface area contributed by atoms with Crippen LogP contribution in [0.25, 0.3) is 11.0 Å². The summed E-state index contributed by atoms with van der Waals surface area (Å²) in [5.74, 6) is -0.677. The van der Waals surface area contributed by atoms with Gasteiger partial charge < -0.3 is 25.0 Å². The summed E-state index contributed by atoms with van der Waals surface area (Å²) in [6, 6.07) is 18.2. The van der Waals surface area contributed by atoms with Gasteiger partial charge in [-0.2, -0.15) is 0 Å². The number of fused-ring (bicyclic) bond motifs is 2. The van der Waals surface area contributed by atoms with E-state index in [1.807, 2.05) is 53.4 Å². The van der Waals surface area contributed by atoms with Crippen LogP contribution in [0.3, 0.4) is 0 Å². The predicted molar refractivity (Wildman–Crippen MR) is 226 cm³/mol. The minimum atomic E-state index is -0.987. The Bertz CT molecular complexity index is 2340. The van der Waals surface area contributed by atoms with E-state index in [1.54, 1.807) is 12.1 Å². The molecule has 9 rings (SSSR count). The van der Waals surface area contributed by atoms with Crippen LogP contribution in [0.1, 0.15) is 95.2 Å². The molecule has 60 heavy (non-hydrogen) atoms. The highest BCUT2D eigenvalue weighted by Gasteiger charge is 2.45. The van der Waals surface area contributed by atoms with Gasteiger partial charge in [-0.1, -0.05) is 0 Å². The minimum Gasteiger partial charge on any atom is -0.371 e. The lowest BCUT2D eigenvalue weighted by Crippen LogP contribution is -2.54. The van der Waals surface area contributed by atoms with Crippen molar-refractivity contribution in [1.29, 1.82) is 0 Å². The highest BCUT2D eigenvalue weighted by atomic mass is 16.2. The number of aromatic nitrogens is 2. The van der Waals surface area contributed by atoms with Gasteiger partial charge in [0.2, 0.25) is 17.7 Å². The molecule has 6 heterocycles. The number of imide groups is 2. The van der Waals surface area contributed by atoms with E-state index in [2.05, 4.69) is 37.2 Å². The van der Waals surface area contributed by atoms with Crippen molar-refractivity contribution < 1.29 is 28.8 Å². The fourth-order valence-electron chi connectivity index (χ4n) is 9.49. The summed E-state index contributed by atoms with van der Waals surface area (Å²) < 4.78 is 0. The first-order chi connectivity index (χ1) is 29.1. The highest BCUT2D eigenvalue weighted by molar-refractivity contribution is 6.23. The topological polar surface area (TPSA) is 171 Å². The van der Waals surface area contributed by atoms with Crippen molar-refractivity contribution in [2.24, 2.45) is 5.92 Å². The molecule has 1 aromatic heterocycles. The first kappa shape index (κ1) is 39.4. The van der Waals surface area contributed by atoms with Crippen LogP contribution >= 0.6 is 0 Å². The van der Waals surface area contributed by atoms with Crippen LogP contribution in [0.4, 0.5) is 17.1 Å². The van der Waals surface area contributed by atoms with Crippen LogP contribution in [0.2, 0.25) is 0 Å². The van der Waals surface area contributed by atoms with E-state index in [4.69, 9.17) is 4.98 Å². The number of rotatable bonds is 10. The molecule has 0 spiro atoms. The maximum absolute atomic E-state index is 13.3. The van der Waals surface area contributed by atoms with Crippen molar-refractivity contribution in [2.45, 2.75) is 76.9 Å². The summed E-state index contributed by atoms with van der Waals surface area (Å²) in [4.78, 5) is 95.0. The summed E-state index contributed by atoms with van der Waals surface area (Å²) in [6.45, 7) is 8.43. The van der Waals surface area contributed by atoms with Gasteiger partial charge in [-0.25, -0.2) is 4.98 Å². The monoisotopic (exact) mass is 813 g/mol. The summed E-state index contributed by atoms with van der Waals surface area (Å²) in [5, 5.41) is 5.26. The first-order valence-electron chi connectivity index (χ1n) is 21.4. The van der Waals surface area contributed by atoms with E-state index in [0.29, 0.717) is 42.7 Å². The molecule has 15 heteroatoms. The zero-order valence-corrected chi connectivity index (χ0v) is 34.0. The molecule has 1 unspecified atom stereocenters. The Kier molecular flexibility index (Phi) is 10.8. The second-order valence-corrected chi connectivity index (χ2v) is 16.9. The SMILES string of the molecule is C[C@H]1CCCN1Cc1nc2cc(NC(=O)c3ccc(N4CCN(C(=O)CCC5CCN(c6ccc7c(c6)C(=O)N(C6CCC(=O)NC6=O)C7=O)CC5)CC4)cc3)ccc2[nH]1. The van der Waals surface area contributed by atoms with Crippen LogP contribution in [-0.2, 0) is 20.9 Å². The number of benzene rings is 3. The second kappa shape index (κ2) is 16.5. The van der Waals surface area contributed by atoms with Crippen molar-refractivity contribution >= 4 is 63.5 Å². The van der Waals surface area contributed by atoms with Crippen molar-refractivity contribution in [2.75, 3.05) is 60.9 Å². The fourth-order valence-corrected chi connectivity index (χ4v) is 9.49. The van der Waals surface area contributed by atoms with Crippen LogP contribution in [-0.4, -0.2) is 118 Å². The number of carbonyl (C=O) groups excluding carboxylic acids is 6. The van der Waals surface area contributed by atoms with E-state index in [-0.39, 0.29) is 35.8 Å². The van der Waals surface area contributed by atoms with E-state index >= 15 is 0 Å². The Balaban J connectivity index is 0.706. The minimum absolute atomic E-state index is 0.0811. The second-order valence-electron chi connectivity index (χ2n) is 16.9. The number of H-pyrrole nitrogens is 1. The predicted octanol–water partition coefficient (Wildman–Crippen LogP) is 4.55. The summed E-state index contributed by atoms with van der Waals surface area (Å²) in [6.07, 6.45) is 5.81. The zero-order chi connectivity index (χ0) is 41.5. The molecular formula is C45H51N9O6.